The van der Waals surface area contributed by atoms with Crippen LogP contribution in [0.5, 0.6) is 0 Å². The van der Waals surface area contributed by atoms with E-state index in [1.165, 1.54) is 0 Å². The van der Waals surface area contributed by atoms with Gasteiger partial charge in [-0.15, -0.1) is 6.58 Å². The Balaban J connectivity index is 1.66. The summed E-state index contributed by atoms with van der Waals surface area (Å²) in [5, 5.41) is 2.88. The van der Waals surface area contributed by atoms with Gasteiger partial charge < -0.3 is 15.0 Å². The lowest BCUT2D eigenvalue weighted by Crippen LogP contribution is -2.66. The van der Waals surface area contributed by atoms with Gasteiger partial charge in [0.15, 0.2) is 0 Å². The van der Waals surface area contributed by atoms with Crippen molar-refractivity contribution in [3.8, 4) is 0 Å². The molecule has 1 aromatic carbocycles. The number of carbonyl (C=O) groups is 2. The number of hydrogen-bond acceptors (Lipinski definition) is 3. The molecule has 0 saturated carbocycles. The van der Waals surface area contributed by atoms with Crippen LogP contribution in [-0.2, 0) is 20.7 Å². The molecular formula is C18H22N2O3. The number of fused-ring (bicyclic) bond motifs is 1. The molecule has 1 aromatic rings. The normalized spacial score (nSPS) is 27.3. The van der Waals surface area contributed by atoms with Crippen LogP contribution in [0.3, 0.4) is 0 Å². The molecule has 0 aliphatic carbocycles. The largest absolute Gasteiger partial charge is 0.374 e. The highest BCUT2D eigenvalue weighted by molar-refractivity contribution is 5.97. The average Bonchev–Trinajstić information content (AvgIpc) is 2.58. The summed E-state index contributed by atoms with van der Waals surface area (Å²) in [6.45, 7) is 4.68. The van der Waals surface area contributed by atoms with E-state index in [9.17, 15) is 9.59 Å². The third-order valence-corrected chi connectivity index (χ3v) is 4.49. The van der Waals surface area contributed by atoms with Gasteiger partial charge in [-0.25, -0.2) is 0 Å². The van der Waals surface area contributed by atoms with Crippen LogP contribution >= 0.6 is 0 Å². The fraction of sp³-hybridized carbons (Fsp3) is 0.444. The Labute approximate surface area is 136 Å². The molecule has 0 spiro atoms. The van der Waals surface area contributed by atoms with Crippen molar-refractivity contribution in [1.29, 1.82) is 0 Å². The molecule has 0 radical (unpaired) electrons. The van der Waals surface area contributed by atoms with Gasteiger partial charge in [-0.1, -0.05) is 36.4 Å². The van der Waals surface area contributed by atoms with Crippen molar-refractivity contribution in [2.75, 3.05) is 13.2 Å². The van der Waals surface area contributed by atoms with Crippen LogP contribution in [0.2, 0.25) is 0 Å². The van der Waals surface area contributed by atoms with E-state index in [2.05, 4.69) is 11.9 Å². The van der Waals surface area contributed by atoms with Crippen molar-refractivity contribution >= 4 is 11.8 Å². The molecule has 2 heterocycles. The van der Waals surface area contributed by atoms with Gasteiger partial charge in [-0.2, -0.15) is 0 Å². The molecule has 2 fully saturated rings. The standard InChI is InChI=1S/C18H22N2O3/c1-2-10-23-14-8-9-20-16(12-14)17(21)19-15(18(20)22)11-13-6-4-3-5-7-13/h2-7,14-16H,1,8-12H2,(H,19,21)/t14-,15+,16-/m0/s1. The fourth-order valence-electron chi connectivity index (χ4n) is 3.32. The molecule has 2 aliphatic heterocycles. The second-order valence-corrected chi connectivity index (χ2v) is 6.07. The lowest BCUT2D eigenvalue weighted by molar-refractivity contribution is -0.154. The van der Waals surface area contributed by atoms with Crippen molar-refractivity contribution in [3.05, 3.63) is 48.6 Å². The van der Waals surface area contributed by atoms with Crippen LogP contribution in [0.15, 0.2) is 43.0 Å². The molecule has 0 bridgehead atoms. The van der Waals surface area contributed by atoms with Gasteiger partial charge in [0, 0.05) is 19.4 Å². The van der Waals surface area contributed by atoms with Crippen molar-refractivity contribution in [3.63, 3.8) is 0 Å². The van der Waals surface area contributed by atoms with Gasteiger partial charge in [-0.3, -0.25) is 9.59 Å². The number of hydrogen-bond donors (Lipinski definition) is 1. The molecule has 2 aliphatic rings. The third-order valence-electron chi connectivity index (χ3n) is 4.49. The highest BCUT2D eigenvalue weighted by Crippen LogP contribution is 2.25. The Morgan fingerprint density at radius 3 is 2.83 bits per heavy atom. The first-order valence-electron chi connectivity index (χ1n) is 8.06. The Kier molecular flexibility index (Phi) is 4.76. The molecule has 5 nitrogen and oxygen atoms in total. The van der Waals surface area contributed by atoms with Gasteiger partial charge in [-0.05, 0) is 12.0 Å². The SMILES string of the molecule is C=CCO[C@H]1CCN2C(=O)[C@@H](Cc3ccccc3)NC(=O)[C@@H]2C1. The fourth-order valence-corrected chi connectivity index (χ4v) is 3.32. The molecule has 2 amide bonds. The van der Waals surface area contributed by atoms with Gasteiger partial charge in [0.2, 0.25) is 11.8 Å². The van der Waals surface area contributed by atoms with E-state index in [4.69, 9.17) is 4.74 Å². The summed E-state index contributed by atoms with van der Waals surface area (Å²) < 4.78 is 5.65. The average molecular weight is 314 g/mol. The van der Waals surface area contributed by atoms with Gasteiger partial charge in [0.1, 0.15) is 12.1 Å². The molecule has 23 heavy (non-hydrogen) atoms. The van der Waals surface area contributed by atoms with Gasteiger partial charge in [0.05, 0.1) is 12.7 Å². The van der Waals surface area contributed by atoms with E-state index in [0.717, 1.165) is 12.0 Å². The molecule has 122 valence electrons. The molecule has 0 unspecified atom stereocenters. The summed E-state index contributed by atoms with van der Waals surface area (Å²) in [5.74, 6) is -0.0574. The Bertz CT molecular complexity index is 587. The minimum absolute atomic E-state index is 0.0125. The summed E-state index contributed by atoms with van der Waals surface area (Å²) in [6.07, 6.45) is 3.57. The summed E-state index contributed by atoms with van der Waals surface area (Å²) in [5.41, 5.74) is 1.05. The molecule has 3 rings (SSSR count). The van der Waals surface area contributed by atoms with Gasteiger partial charge in [0.25, 0.3) is 0 Å². The van der Waals surface area contributed by atoms with Crippen LogP contribution in [0.4, 0.5) is 0 Å². The zero-order valence-electron chi connectivity index (χ0n) is 13.1. The monoisotopic (exact) mass is 314 g/mol. The van der Waals surface area contributed by atoms with E-state index < -0.39 is 12.1 Å². The zero-order valence-corrected chi connectivity index (χ0v) is 13.1. The minimum Gasteiger partial charge on any atom is -0.374 e. The highest BCUT2D eigenvalue weighted by atomic mass is 16.5. The smallest absolute Gasteiger partial charge is 0.246 e. The van der Waals surface area contributed by atoms with Crippen LogP contribution in [0.1, 0.15) is 18.4 Å². The maximum atomic E-state index is 12.7. The topological polar surface area (TPSA) is 58.6 Å². The van der Waals surface area contributed by atoms with Crippen LogP contribution < -0.4 is 5.32 Å². The van der Waals surface area contributed by atoms with E-state index in [1.54, 1.807) is 11.0 Å². The number of rotatable bonds is 5. The Hall–Kier alpha value is -2.14. The first-order valence-corrected chi connectivity index (χ1v) is 8.06. The van der Waals surface area contributed by atoms with E-state index in [-0.39, 0.29) is 17.9 Å². The predicted molar refractivity (Wildman–Crippen MR) is 86.7 cm³/mol. The summed E-state index contributed by atoms with van der Waals surface area (Å²) in [6, 6.07) is 8.90. The lowest BCUT2D eigenvalue weighted by Gasteiger charge is -2.43. The second kappa shape index (κ2) is 6.96. The van der Waals surface area contributed by atoms with Crippen molar-refractivity contribution < 1.29 is 14.3 Å². The van der Waals surface area contributed by atoms with Crippen molar-refractivity contribution in [2.24, 2.45) is 0 Å². The van der Waals surface area contributed by atoms with Crippen LogP contribution in [0.25, 0.3) is 0 Å². The van der Waals surface area contributed by atoms with E-state index in [0.29, 0.717) is 26.0 Å². The number of piperazine rings is 1. The molecule has 2 saturated heterocycles. The molecule has 5 heteroatoms. The third kappa shape index (κ3) is 3.45. The maximum absolute atomic E-state index is 12.7. The molecule has 3 atom stereocenters. The number of nitrogens with zero attached hydrogens (tertiary/aromatic N) is 1. The second-order valence-electron chi connectivity index (χ2n) is 6.07. The number of piperidine rings is 1. The number of benzene rings is 1. The van der Waals surface area contributed by atoms with Crippen molar-refractivity contribution in [1.82, 2.24) is 10.2 Å². The summed E-state index contributed by atoms with van der Waals surface area (Å²) in [4.78, 5) is 26.8. The number of nitrogens with one attached hydrogen (secondary N) is 1. The van der Waals surface area contributed by atoms with Gasteiger partial charge >= 0.3 is 0 Å². The van der Waals surface area contributed by atoms with Crippen LogP contribution in [-0.4, -0.2) is 48.1 Å². The number of amides is 2. The highest BCUT2D eigenvalue weighted by Gasteiger charge is 2.43. The lowest BCUT2D eigenvalue weighted by atomic mass is 9.93. The molecule has 0 aromatic heterocycles. The molecule has 1 N–H and O–H groups in total. The number of carbonyl (C=O) groups excluding carboxylic acids is 2. The summed E-state index contributed by atoms with van der Waals surface area (Å²) >= 11 is 0. The Morgan fingerprint density at radius 1 is 1.30 bits per heavy atom. The minimum atomic E-state index is -0.466. The Morgan fingerprint density at radius 2 is 2.09 bits per heavy atom. The van der Waals surface area contributed by atoms with Crippen molar-refractivity contribution in [2.45, 2.75) is 37.5 Å². The first-order chi connectivity index (χ1) is 11.2. The maximum Gasteiger partial charge on any atom is 0.246 e. The number of ether oxygens (including phenoxy) is 1. The predicted octanol–water partition coefficient (Wildman–Crippen LogP) is 1.29. The summed E-state index contributed by atoms with van der Waals surface area (Å²) in [7, 11) is 0. The quantitative estimate of drug-likeness (QED) is 0.833. The van der Waals surface area contributed by atoms with E-state index in [1.807, 2.05) is 30.3 Å². The zero-order chi connectivity index (χ0) is 16.2. The van der Waals surface area contributed by atoms with E-state index >= 15 is 0 Å². The first kappa shape index (κ1) is 15.7. The molecular weight excluding hydrogens is 292 g/mol. The van der Waals surface area contributed by atoms with Crippen LogP contribution in [0, 0.1) is 0 Å².